The number of aromatic nitrogens is 6. The second kappa shape index (κ2) is 5.98. The third kappa shape index (κ3) is 2.26. The molecule has 5 rings (SSSR count). The molecule has 3 heterocycles. The normalized spacial score (nSPS) is 16.7. The first-order valence-electron chi connectivity index (χ1n) is 9.11. The summed E-state index contributed by atoms with van der Waals surface area (Å²) in [6, 6.07) is 7.67. The van der Waals surface area contributed by atoms with Crippen LogP contribution in [0.5, 0.6) is 0 Å². The summed E-state index contributed by atoms with van der Waals surface area (Å²) in [4.78, 5) is 17.9. The molecule has 1 fully saturated rings. The number of methoxy groups -OCH3 is 2. The Bertz CT molecular complexity index is 1250. The van der Waals surface area contributed by atoms with Crippen molar-refractivity contribution in [2.75, 3.05) is 14.2 Å². The van der Waals surface area contributed by atoms with E-state index in [0.717, 1.165) is 29.6 Å². The summed E-state index contributed by atoms with van der Waals surface area (Å²) in [5, 5.41) is 8.47. The lowest BCUT2D eigenvalue weighted by Gasteiger charge is -2.17. The zero-order valence-electron chi connectivity index (χ0n) is 15.9. The Morgan fingerprint density at radius 2 is 1.93 bits per heavy atom. The predicted octanol–water partition coefficient (Wildman–Crippen LogP) is 2.03. The van der Waals surface area contributed by atoms with Crippen molar-refractivity contribution in [1.82, 2.24) is 28.9 Å². The molecule has 1 aliphatic carbocycles. The Balaban J connectivity index is 1.78. The van der Waals surface area contributed by atoms with E-state index in [2.05, 4.69) is 15.3 Å². The van der Waals surface area contributed by atoms with Crippen LogP contribution in [0.1, 0.15) is 31.7 Å². The highest BCUT2D eigenvalue weighted by Gasteiger charge is 2.47. The third-order valence-corrected chi connectivity index (χ3v) is 5.55. The number of rotatable bonds is 5. The minimum absolute atomic E-state index is 0.203. The van der Waals surface area contributed by atoms with E-state index in [4.69, 9.17) is 9.47 Å². The van der Waals surface area contributed by atoms with Gasteiger partial charge in [-0.1, -0.05) is 17.3 Å². The maximum absolute atomic E-state index is 13.4. The minimum Gasteiger partial charge on any atom is -0.372 e. The zero-order valence-corrected chi connectivity index (χ0v) is 15.9. The van der Waals surface area contributed by atoms with E-state index >= 15 is 0 Å². The van der Waals surface area contributed by atoms with Gasteiger partial charge in [0.1, 0.15) is 23.9 Å². The molecule has 0 amide bonds. The molecule has 0 N–H and O–H groups in total. The van der Waals surface area contributed by atoms with Crippen LogP contribution in [-0.4, -0.2) is 43.2 Å². The highest BCUT2D eigenvalue weighted by molar-refractivity contribution is 5.80. The molecular weight excluding hydrogens is 360 g/mol. The largest absolute Gasteiger partial charge is 0.372 e. The Morgan fingerprint density at radius 1 is 1.18 bits per heavy atom. The molecule has 1 unspecified atom stereocenters. The van der Waals surface area contributed by atoms with Crippen molar-refractivity contribution >= 4 is 16.6 Å². The summed E-state index contributed by atoms with van der Waals surface area (Å²) in [5.74, 6) is 0.429. The summed E-state index contributed by atoms with van der Waals surface area (Å²) in [7, 11) is 3.26. The van der Waals surface area contributed by atoms with Crippen LogP contribution in [0.15, 0.2) is 41.6 Å². The number of imidazole rings is 1. The fourth-order valence-corrected chi connectivity index (χ4v) is 3.70. The zero-order chi connectivity index (χ0) is 19.5. The van der Waals surface area contributed by atoms with Crippen molar-refractivity contribution in [2.24, 2.45) is 0 Å². The van der Waals surface area contributed by atoms with E-state index < -0.39 is 6.23 Å². The molecular formula is C19H20N6O3. The quantitative estimate of drug-likeness (QED) is 0.526. The monoisotopic (exact) mass is 380 g/mol. The van der Waals surface area contributed by atoms with Crippen molar-refractivity contribution in [1.29, 1.82) is 0 Å². The molecule has 1 atom stereocenters. The fraction of sp³-hybridized carbons (Fsp3) is 0.368. The van der Waals surface area contributed by atoms with Crippen molar-refractivity contribution in [3.63, 3.8) is 0 Å². The van der Waals surface area contributed by atoms with Crippen LogP contribution >= 0.6 is 0 Å². The number of hydrogen-bond donors (Lipinski definition) is 0. The maximum atomic E-state index is 13.4. The Morgan fingerprint density at radius 3 is 2.61 bits per heavy atom. The highest BCUT2D eigenvalue weighted by atomic mass is 16.5. The number of fused-ring (bicyclic) bond motifs is 3. The molecule has 9 nitrogen and oxygen atoms in total. The van der Waals surface area contributed by atoms with Gasteiger partial charge in [0.15, 0.2) is 11.3 Å². The van der Waals surface area contributed by atoms with Crippen molar-refractivity contribution in [2.45, 2.75) is 31.6 Å². The van der Waals surface area contributed by atoms with Gasteiger partial charge in [-0.2, -0.15) is 4.68 Å². The smallest absolute Gasteiger partial charge is 0.281 e. The van der Waals surface area contributed by atoms with Gasteiger partial charge in [-0.3, -0.25) is 13.8 Å². The molecule has 1 saturated carbocycles. The van der Waals surface area contributed by atoms with Crippen LogP contribution in [0.2, 0.25) is 0 Å². The Labute approximate surface area is 160 Å². The molecule has 0 spiro atoms. The lowest BCUT2D eigenvalue weighted by Crippen LogP contribution is -2.27. The number of benzene rings is 1. The Hall–Kier alpha value is -3.04. The molecule has 3 aromatic heterocycles. The standard InChI is InChI=1S/C19H20N6O3/c1-12(27-2)25-14-7-5-4-6-13(14)23-11-20-17(16(23)18(25)26)24-10-15(21-22-24)19(28-3)8-9-19/h4-7,10-12H,8-9H2,1-3H3. The first kappa shape index (κ1) is 17.1. The fourth-order valence-electron chi connectivity index (χ4n) is 3.70. The van der Waals surface area contributed by atoms with Crippen molar-refractivity contribution in [3.05, 3.63) is 52.8 Å². The number of nitrogens with zero attached hydrogens (tertiary/aromatic N) is 6. The molecule has 9 heteroatoms. The third-order valence-electron chi connectivity index (χ3n) is 5.55. The van der Waals surface area contributed by atoms with Gasteiger partial charge in [0.25, 0.3) is 5.56 Å². The molecule has 4 aromatic rings. The average molecular weight is 380 g/mol. The van der Waals surface area contributed by atoms with E-state index in [1.54, 1.807) is 40.4 Å². The summed E-state index contributed by atoms with van der Waals surface area (Å²) >= 11 is 0. The van der Waals surface area contributed by atoms with Gasteiger partial charge in [-0.05, 0) is 31.9 Å². The van der Waals surface area contributed by atoms with E-state index in [-0.39, 0.29) is 11.2 Å². The van der Waals surface area contributed by atoms with E-state index in [0.29, 0.717) is 11.3 Å². The van der Waals surface area contributed by atoms with Gasteiger partial charge in [-0.25, -0.2) is 4.98 Å². The van der Waals surface area contributed by atoms with E-state index in [1.165, 1.54) is 0 Å². The van der Waals surface area contributed by atoms with Gasteiger partial charge in [-0.15, -0.1) is 5.10 Å². The van der Waals surface area contributed by atoms with Crippen LogP contribution in [0.3, 0.4) is 0 Å². The molecule has 0 bridgehead atoms. The number of ether oxygens (including phenoxy) is 2. The second-order valence-electron chi connectivity index (χ2n) is 7.03. The molecule has 1 aliphatic rings. The molecule has 0 radical (unpaired) electrons. The second-order valence-corrected chi connectivity index (χ2v) is 7.03. The van der Waals surface area contributed by atoms with Crippen LogP contribution in [0.4, 0.5) is 0 Å². The van der Waals surface area contributed by atoms with Gasteiger partial charge in [0.05, 0.1) is 17.2 Å². The van der Waals surface area contributed by atoms with Crippen LogP contribution < -0.4 is 5.56 Å². The molecule has 144 valence electrons. The average Bonchev–Trinajstić information content (AvgIpc) is 3.14. The summed E-state index contributed by atoms with van der Waals surface area (Å²) < 4.78 is 16.0. The topological polar surface area (TPSA) is 88.5 Å². The van der Waals surface area contributed by atoms with Crippen LogP contribution in [0.25, 0.3) is 22.4 Å². The van der Waals surface area contributed by atoms with Gasteiger partial charge >= 0.3 is 0 Å². The molecule has 28 heavy (non-hydrogen) atoms. The first-order chi connectivity index (χ1) is 13.6. The van der Waals surface area contributed by atoms with Crippen LogP contribution in [-0.2, 0) is 15.1 Å². The first-order valence-corrected chi connectivity index (χ1v) is 9.11. The Kier molecular flexibility index (Phi) is 3.65. The minimum atomic E-state index is -0.431. The number of para-hydroxylation sites is 2. The van der Waals surface area contributed by atoms with Crippen molar-refractivity contribution in [3.8, 4) is 5.82 Å². The summed E-state index contributed by atoms with van der Waals surface area (Å²) in [5.41, 5.74) is 2.24. The lowest BCUT2D eigenvalue weighted by atomic mass is 10.2. The van der Waals surface area contributed by atoms with Gasteiger partial charge in [0, 0.05) is 14.2 Å². The maximum Gasteiger partial charge on any atom is 0.281 e. The number of hydrogen-bond acceptors (Lipinski definition) is 6. The molecule has 0 aliphatic heterocycles. The van der Waals surface area contributed by atoms with E-state index in [1.807, 2.05) is 31.2 Å². The lowest BCUT2D eigenvalue weighted by molar-refractivity contribution is 0.0615. The summed E-state index contributed by atoms with van der Waals surface area (Å²) in [6.07, 6.45) is 4.82. The van der Waals surface area contributed by atoms with Gasteiger partial charge in [0.2, 0.25) is 0 Å². The molecule has 1 aromatic carbocycles. The van der Waals surface area contributed by atoms with Gasteiger partial charge < -0.3 is 9.47 Å². The van der Waals surface area contributed by atoms with Crippen molar-refractivity contribution < 1.29 is 9.47 Å². The highest BCUT2D eigenvalue weighted by Crippen LogP contribution is 2.47. The predicted molar refractivity (Wildman–Crippen MR) is 102 cm³/mol. The SMILES string of the molecule is COC(C)n1c(=O)c2c(-n3cc(C4(OC)CC4)nn3)ncn2c2ccccc21. The molecule has 0 saturated heterocycles. The summed E-state index contributed by atoms with van der Waals surface area (Å²) in [6.45, 7) is 1.84. The van der Waals surface area contributed by atoms with Crippen LogP contribution in [0, 0.1) is 0 Å². The van der Waals surface area contributed by atoms with E-state index in [9.17, 15) is 4.79 Å².